The third-order valence-corrected chi connectivity index (χ3v) is 6.31. The molecule has 0 aromatic heterocycles. The maximum absolute atomic E-state index is 12.4. The smallest absolute Gasteiger partial charge is 0.261 e. The highest BCUT2D eigenvalue weighted by molar-refractivity contribution is 9.10. The van der Waals surface area contributed by atoms with Crippen molar-refractivity contribution in [1.82, 2.24) is 5.32 Å². The standard InChI is InChI=1S/C22H21BrN2O4S/c1-29-20-10-2-16(3-11-20)14-15-24-22(26)17-4-8-19(9-5-17)25-30(27,28)21-12-6-18(23)7-13-21/h2-13,25H,14-15H2,1H3,(H,24,26). The molecule has 0 saturated carbocycles. The Hall–Kier alpha value is -2.84. The first kappa shape index (κ1) is 21.9. The lowest BCUT2D eigenvalue weighted by molar-refractivity contribution is 0.0954. The Labute approximate surface area is 184 Å². The largest absolute Gasteiger partial charge is 0.497 e. The van der Waals surface area contributed by atoms with E-state index in [0.717, 1.165) is 15.8 Å². The number of benzene rings is 3. The molecule has 3 rings (SSSR count). The molecule has 0 aliphatic carbocycles. The highest BCUT2D eigenvalue weighted by Crippen LogP contribution is 2.19. The van der Waals surface area contributed by atoms with Gasteiger partial charge >= 0.3 is 0 Å². The van der Waals surface area contributed by atoms with E-state index in [1.54, 1.807) is 43.5 Å². The second kappa shape index (κ2) is 9.77. The molecule has 0 radical (unpaired) electrons. The number of nitrogens with one attached hydrogen (secondary N) is 2. The number of hydrogen-bond donors (Lipinski definition) is 2. The number of hydrogen-bond acceptors (Lipinski definition) is 4. The number of carbonyl (C=O) groups is 1. The maximum atomic E-state index is 12.4. The first-order valence-corrected chi connectivity index (χ1v) is 11.4. The van der Waals surface area contributed by atoms with Gasteiger partial charge < -0.3 is 10.1 Å². The predicted molar refractivity (Wildman–Crippen MR) is 120 cm³/mol. The average Bonchev–Trinajstić information content (AvgIpc) is 2.74. The lowest BCUT2D eigenvalue weighted by Crippen LogP contribution is -2.25. The minimum absolute atomic E-state index is 0.158. The predicted octanol–water partition coefficient (Wildman–Crippen LogP) is 4.23. The van der Waals surface area contributed by atoms with Crippen LogP contribution in [0, 0.1) is 0 Å². The number of halogens is 1. The summed E-state index contributed by atoms with van der Waals surface area (Å²) in [6, 6.07) is 20.3. The monoisotopic (exact) mass is 488 g/mol. The summed E-state index contributed by atoms with van der Waals surface area (Å²) in [5, 5.41) is 2.86. The molecule has 156 valence electrons. The van der Waals surface area contributed by atoms with Crippen LogP contribution in [0.5, 0.6) is 5.75 Å². The van der Waals surface area contributed by atoms with Crippen molar-refractivity contribution in [3.05, 3.63) is 88.4 Å². The number of methoxy groups -OCH3 is 1. The number of anilines is 1. The van der Waals surface area contributed by atoms with Crippen LogP contribution < -0.4 is 14.8 Å². The van der Waals surface area contributed by atoms with Gasteiger partial charge in [0, 0.05) is 22.3 Å². The highest BCUT2D eigenvalue weighted by Gasteiger charge is 2.14. The summed E-state index contributed by atoms with van der Waals surface area (Å²) in [7, 11) is -2.08. The Bertz CT molecular complexity index is 1100. The summed E-state index contributed by atoms with van der Waals surface area (Å²) in [6.07, 6.45) is 0.695. The summed E-state index contributed by atoms with van der Waals surface area (Å²) >= 11 is 3.28. The lowest BCUT2D eigenvalue weighted by atomic mass is 10.1. The van der Waals surface area contributed by atoms with E-state index >= 15 is 0 Å². The van der Waals surface area contributed by atoms with E-state index in [2.05, 4.69) is 26.0 Å². The van der Waals surface area contributed by atoms with Gasteiger partial charge in [0.25, 0.3) is 15.9 Å². The fourth-order valence-electron chi connectivity index (χ4n) is 2.73. The van der Waals surface area contributed by atoms with Crippen molar-refractivity contribution in [2.75, 3.05) is 18.4 Å². The van der Waals surface area contributed by atoms with E-state index in [9.17, 15) is 13.2 Å². The molecule has 3 aromatic rings. The van der Waals surface area contributed by atoms with Crippen LogP contribution in [0.2, 0.25) is 0 Å². The van der Waals surface area contributed by atoms with Crippen LogP contribution in [0.1, 0.15) is 15.9 Å². The molecule has 0 heterocycles. The van der Waals surface area contributed by atoms with Gasteiger partial charge in [0.05, 0.1) is 12.0 Å². The molecule has 6 nitrogen and oxygen atoms in total. The van der Waals surface area contributed by atoms with E-state index in [-0.39, 0.29) is 10.8 Å². The van der Waals surface area contributed by atoms with Crippen molar-refractivity contribution in [3.63, 3.8) is 0 Å². The van der Waals surface area contributed by atoms with E-state index in [4.69, 9.17) is 4.74 Å². The molecule has 0 aliphatic heterocycles. The zero-order valence-electron chi connectivity index (χ0n) is 16.3. The highest BCUT2D eigenvalue weighted by atomic mass is 79.9. The lowest BCUT2D eigenvalue weighted by Gasteiger charge is -2.10. The van der Waals surface area contributed by atoms with Crippen LogP contribution in [0.25, 0.3) is 0 Å². The van der Waals surface area contributed by atoms with Crippen LogP contribution in [0.15, 0.2) is 82.2 Å². The zero-order chi connectivity index (χ0) is 21.6. The van der Waals surface area contributed by atoms with Crippen LogP contribution >= 0.6 is 15.9 Å². The van der Waals surface area contributed by atoms with Gasteiger partial charge in [-0.25, -0.2) is 8.42 Å². The molecular weight excluding hydrogens is 468 g/mol. The number of carbonyl (C=O) groups excluding carboxylic acids is 1. The van der Waals surface area contributed by atoms with Gasteiger partial charge in [-0.05, 0) is 72.6 Å². The molecular formula is C22H21BrN2O4S. The first-order valence-electron chi connectivity index (χ1n) is 9.17. The van der Waals surface area contributed by atoms with Crippen molar-refractivity contribution in [2.24, 2.45) is 0 Å². The van der Waals surface area contributed by atoms with Gasteiger partial charge in [-0.1, -0.05) is 28.1 Å². The Morgan fingerprint density at radius 1 is 0.933 bits per heavy atom. The maximum Gasteiger partial charge on any atom is 0.261 e. The Kier molecular flexibility index (Phi) is 7.12. The molecule has 0 bridgehead atoms. The second-order valence-corrected chi connectivity index (χ2v) is 9.09. The Morgan fingerprint density at radius 2 is 1.57 bits per heavy atom. The van der Waals surface area contributed by atoms with Gasteiger partial charge in [-0.15, -0.1) is 0 Å². The summed E-state index contributed by atoms with van der Waals surface area (Å²) in [5.41, 5.74) is 1.93. The molecule has 0 unspecified atom stereocenters. The molecule has 1 amide bonds. The third kappa shape index (κ3) is 5.84. The average molecular weight is 489 g/mol. The minimum atomic E-state index is -3.69. The van der Waals surface area contributed by atoms with E-state index in [1.165, 1.54) is 12.1 Å². The van der Waals surface area contributed by atoms with Crippen molar-refractivity contribution in [2.45, 2.75) is 11.3 Å². The molecule has 0 saturated heterocycles. The van der Waals surface area contributed by atoms with Crippen molar-refractivity contribution in [3.8, 4) is 5.75 Å². The van der Waals surface area contributed by atoms with Gasteiger partial charge in [0.1, 0.15) is 5.75 Å². The quantitative estimate of drug-likeness (QED) is 0.496. The molecule has 0 aliphatic rings. The number of amides is 1. The summed E-state index contributed by atoms with van der Waals surface area (Å²) in [6.45, 7) is 0.489. The van der Waals surface area contributed by atoms with Gasteiger partial charge in [-0.3, -0.25) is 9.52 Å². The fourth-order valence-corrected chi connectivity index (χ4v) is 4.06. The second-order valence-electron chi connectivity index (χ2n) is 6.49. The normalized spacial score (nSPS) is 11.0. The van der Waals surface area contributed by atoms with E-state index in [0.29, 0.717) is 24.2 Å². The van der Waals surface area contributed by atoms with Crippen molar-refractivity contribution in [1.29, 1.82) is 0 Å². The Morgan fingerprint density at radius 3 is 2.17 bits per heavy atom. The molecule has 0 spiro atoms. The summed E-state index contributed by atoms with van der Waals surface area (Å²) in [5.74, 6) is 0.574. The molecule has 8 heteroatoms. The van der Waals surface area contributed by atoms with Crippen molar-refractivity contribution < 1.29 is 17.9 Å². The molecule has 3 aromatic carbocycles. The summed E-state index contributed by atoms with van der Waals surface area (Å²) in [4.78, 5) is 12.5. The molecule has 2 N–H and O–H groups in total. The van der Waals surface area contributed by atoms with Gasteiger partial charge in [0.2, 0.25) is 0 Å². The molecule has 30 heavy (non-hydrogen) atoms. The number of rotatable bonds is 8. The zero-order valence-corrected chi connectivity index (χ0v) is 18.7. The van der Waals surface area contributed by atoms with E-state index < -0.39 is 10.0 Å². The Balaban J connectivity index is 1.55. The fraction of sp³-hybridized carbons (Fsp3) is 0.136. The van der Waals surface area contributed by atoms with Gasteiger partial charge in [-0.2, -0.15) is 0 Å². The topological polar surface area (TPSA) is 84.5 Å². The number of sulfonamides is 1. The van der Waals surface area contributed by atoms with Crippen molar-refractivity contribution >= 4 is 37.5 Å². The molecule has 0 fully saturated rings. The first-order chi connectivity index (χ1) is 14.4. The van der Waals surface area contributed by atoms with Crippen LogP contribution in [-0.4, -0.2) is 28.0 Å². The third-order valence-electron chi connectivity index (χ3n) is 4.38. The van der Waals surface area contributed by atoms with Crippen LogP contribution in [-0.2, 0) is 16.4 Å². The number of ether oxygens (including phenoxy) is 1. The SMILES string of the molecule is COc1ccc(CCNC(=O)c2ccc(NS(=O)(=O)c3ccc(Br)cc3)cc2)cc1. The minimum Gasteiger partial charge on any atom is -0.497 e. The van der Waals surface area contributed by atoms with Crippen LogP contribution in [0.4, 0.5) is 5.69 Å². The van der Waals surface area contributed by atoms with Gasteiger partial charge in [0.15, 0.2) is 0 Å². The van der Waals surface area contributed by atoms with E-state index in [1.807, 2.05) is 24.3 Å². The van der Waals surface area contributed by atoms with Crippen LogP contribution in [0.3, 0.4) is 0 Å². The molecule has 0 atom stereocenters. The summed E-state index contributed by atoms with van der Waals surface area (Å²) < 4.78 is 33.3.